The summed E-state index contributed by atoms with van der Waals surface area (Å²) in [5, 5.41) is 2.81. The van der Waals surface area contributed by atoms with Crippen LogP contribution in [-0.2, 0) is 4.79 Å². The number of hydrogen-bond acceptors (Lipinski definition) is 7. The molecule has 1 amide bonds. The van der Waals surface area contributed by atoms with E-state index >= 15 is 0 Å². The van der Waals surface area contributed by atoms with E-state index < -0.39 is 0 Å². The predicted octanol–water partition coefficient (Wildman–Crippen LogP) is 3.18. The minimum Gasteiger partial charge on any atom is -0.454 e. The van der Waals surface area contributed by atoms with Crippen molar-refractivity contribution in [1.82, 2.24) is 9.97 Å². The van der Waals surface area contributed by atoms with E-state index in [-0.39, 0.29) is 12.7 Å². The molecule has 162 valence electrons. The van der Waals surface area contributed by atoms with Crippen molar-refractivity contribution in [1.29, 1.82) is 0 Å². The number of benzene rings is 2. The fourth-order valence-electron chi connectivity index (χ4n) is 3.78. The van der Waals surface area contributed by atoms with Gasteiger partial charge in [-0.15, -0.1) is 0 Å². The number of carbonyl (C=O) groups is 1. The second-order valence-corrected chi connectivity index (χ2v) is 7.51. The molecule has 5 rings (SSSR count). The smallest absolute Gasteiger partial charge is 0.249 e. The Morgan fingerprint density at radius 2 is 1.69 bits per heavy atom. The van der Waals surface area contributed by atoms with Crippen LogP contribution < -0.4 is 24.6 Å². The second kappa shape index (κ2) is 8.97. The number of aromatic nitrogens is 2. The average Bonchev–Trinajstić information content (AvgIpc) is 3.32. The number of amides is 1. The molecule has 8 nitrogen and oxygen atoms in total. The number of para-hydroxylation sites is 1. The molecule has 0 radical (unpaired) electrons. The van der Waals surface area contributed by atoms with Crippen LogP contribution in [0, 0.1) is 0 Å². The summed E-state index contributed by atoms with van der Waals surface area (Å²) in [5.74, 6) is 2.41. The highest BCUT2D eigenvalue weighted by molar-refractivity contribution is 6.01. The number of ether oxygens (including phenoxy) is 2. The van der Waals surface area contributed by atoms with Gasteiger partial charge >= 0.3 is 0 Å². The summed E-state index contributed by atoms with van der Waals surface area (Å²) in [6.45, 7) is 3.74. The van der Waals surface area contributed by atoms with Crippen LogP contribution in [-0.4, -0.2) is 48.8 Å². The number of anilines is 3. The van der Waals surface area contributed by atoms with Gasteiger partial charge in [0.1, 0.15) is 18.0 Å². The molecule has 3 aromatic rings. The molecule has 1 fully saturated rings. The Hall–Kier alpha value is -4.07. The molecule has 0 unspecified atom stereocenters. The molecular formula is C24H23N5O3. The van der Waals surface area contributed by atoms with Gasteiger partial charge in [0, 0.05) is 44.0 Å². The van der Waals surface area contributed by atoms with E-state index in [0.717, 1.165) is 37.6 Å². The Morgan fingerprint density at radius 3 is 2.53 bits per heavy atom. The molecule has 0 aliphatic carbocycles. The first-order valence-corrected chi connectivity index (χ1v) is 10.5. The normalized spacial score (nSPS) is 15.2. The summed E-state index contributed by atoms with van der Waals surface area (Å²) in [7, 11) is 0. The predicted molar refractivity (Wildman–Crippen MR) is 123 cm³/mol. The van der Waals surface area contributed by atoms with E-state index in [0.29, 0.717) is 17.3 Å². The molecule has 1 aromatic heterocycles. The van der Waals surface area contributed by atoms with Crippen molar-refractivity contribution in [3.63, 3.8) is 0 Å². The van der Waals surface area contributed by atoms with Crippen molar-refractivity contribution in [3.05, 3.63) is 72.6 Å². The van der Waals surface area contributed by atoms with Gasteiger partial charge in [-0.1, -0.05) is 24.3 Å². The lowest BCUT2D eigenvalue weighted by Crippen LogP contribution is -2.46. The maximum Gasteiger partial charge on any atom is 0.249 e. The highest BCUT2D eigenvalue weighted by Gasteiger charge is 2.19. The van der Waals surface area contributed by atoms with Crippen LogP contribution in [0.1, 0.15) is 5.56 Å². The molecule has 1 saturated heterocycles. The zero-order valence-corrected chi connectivity index (χ0v) is 17.5. The largest absolute Gasteiger partial charge is 0.454 e. The minimum atomic E-state index is -0.263. The van der Waals surface area contributed by atoms with E-state index in [4.69, 9.17) is 9.47 Å². The van der Waals surface area contributed by atoms with Crippen LogP contribution in [0.3, 0.4) is 0 Å². The van der Waals surface area contributed by atoms with E-state index in [1.165, 1.54) is 18.1 Å². The lowest BCUT2D eigenvalue weighted by Gasteiger charge is -2.36. The summed E-state index contributed by atoms with van der Waals surface area (Å²) in [6.07, 6.45) is 4.68. The molecule has 2 aliphatic heterocycles. The summed E-state index contributed by atoms with van der Waals surface area (Å²) in [6, 6.07) is 17.7. The quantitative estimate of drug-likeness (QED) is 0.624. The van der Waals surface area contributed by atoms with Gasteiger partial charge in [-0.25, -0.2) is 9.97 Å². The van der Waals surface area contributed by atoms with Crippen LogP contribution >= 0.6 is 0 Å². The Morgan fingerprint density at radius 1 is 0.906 bits per heavy atom. The fraction of sp³-hybridized carbons (Fsp3) is 0.208. The van der Waals surface area contributed by atoms with Crippen LogP contribution in [0.5, 0.6) is 11.5 Å². The number of rotatable bonds is 5. The van der Waals surface area contributed by atoms with Gasteiger partial charge in [-0.2, -0.15) is 0 Å². The molecule has 1 N–H and O–H groups in total. The molecule has 32 heavy (non-hydrogen) atoms. The van der Waals surface area contributed by atoms with Crippen LogP contribution in [0.25, 0.3) is 6.08 Å². The number of fused-ring (bicyclic) bond motifs is 1. The van der Waals surface area contributed by atoms with Crippen LogP contribution in [0.4, 0.5) is 17.3 Å². The maximum absolute atomic E-state index is 12.4. The number of hydrogen-bond donors (Lipinski definition) is 1. The summed E-state index contributed by atoms with van der Waals surface area (Å²) >= 11 is 0. The summed E-state index contributed by atoms with van der Waals surface area (Å²) < 4.78 is 10.7. The van der Waals surface area contributed by atoms with Gasteiger partial charge < -0.3 is 24.6 Å². The molecular weight excluding hydrogens is 406 g/mol. The monoisotopic (exact) mass is 429 g/mol. The molecule has 0 spiro atoms. The summed E-state index contributed by atoms with van der Waals surface area (Å²) in [4.78, 5) is 25.5. The van der Waals surface area contributed by atoms with Crippen molar-refractivity contribution < 1.29 is 14.3 Å². The SMILES string of the molecule is O=C(/C=C/c1ccc2c(c1)OCO2)Nc1cc(N2CCN(c3ccccc3)CC2)ncn1. The lowest BCUT2D eigenvalue weighted by atomic mass is 10.2. The fourth-order valence-corrected chi connectivity index (χ4v) is 3.78. The Balaban J connectivity index is 1.18. The van der Waals surface area contributed by atoms with Gasteiger partial charge in [0.25, 0.3) is 0 Å². The minimum absolute atomic E-state index is 0.223. The first kappa shape index (κ1) is 19.9. The molecule has 3 heterocycles. The molecule has 0 atom stereocenters. The van der Waals surface area contributed by atoms with Gasteiger partial charge in [0.05, 0.1) is 0 Å². The van der Waals surface area contributed by atoms with E-state index in [9.17, 15) is 4.79 Å². The van der Waals surface area contributed by atoms with Crippen molar-refractivity contribution in [2.75, 3.05) is 48.1 Å². The van der Waals surface area contributed by atoms with Gasteiger partial charge in [-0.05, 0) is 35.9 Å². The zero-order valence-electron chi connectivity index (χ0n) is 17.5. The van der Waals surface area contributed by atoms with Gasteiger partial charge in [0.2, 0.25) is 12.7 Å². The van der Waals surface area contributed by atoms with Crippen molar-refractivity contribution in [2.24, 2.45) is 0 Å². The van der Waals surface area contributed by atoms with Crippen molar-refractivity contribution in [2.45, 2.75) is 0 Å². The van der Waals surface area contributed by atoms with Crippen LogP contribution in [0.2, 0.25) is 0 Å². The number of carbonyl (C=O) groups excluding carboxylic acids is 1. The molecule has 2 aliphatic rings. The Bertz CT molecular complexity index is 1130. The zero-order chi connectivity index (χ0) is 21.8. The third-order valence-corrected chi connectivity index (χ3v) is 5.45. The number of nitrogens with zero attached hydrogens (tertiary/aromatic N) is 4. The Kier molecular flexibility index (Phi) is 5.57. The molecule has 0 saturated carbocycles. The standard InChI is InChI=1S/C24H23N5O3/c30-24(9-7-18-6-8-20-21(14-18)32-17-31-20)27-22-15-23(26-16-25-22)29-12-10-28(11-13-29)19-4-2-1-3-5-19/h1-9,14-16H,10-13,17H2,(H,25,26,27,30)/b9-7+. The van der Waals surface area contributed by atoms with Crippen molar-refractivity contribution >= 4 is 29.3 Å². The summed E-state index contributed by atoms with van der Waals surface area (Å²) in [5.41, 5.74) is 2.08. The lowest BCUT2D eigenvalue weighted by molar-refractivity contribution is -0.111. The average molecular weight is 429 g/mol. The molecule has 8 heteroatoms. The number of nitrogens with one attached hydrogen (secondary N) is 1. The second-order valence-electron chi connectivity index (χ2n) is 7.51. The molecule has 0 bridgehead atoms. The van der Waals surface area contributed by atoms with E-state index in [2.05, 4.69) is 49.4 Å². The van der Waals surface area contributed by atoms with Crippen LogP contribution in [0.15, 0.2) is 67.0 Å². The highest BCUT2D eigenvalue weighted by atomic mass is 16.7. The Labute approximate surface area is 186 Å². The highest BCUT2D eigenvalue weighted by Crippen LogP contribution is 2.32. The number of piperazine rings is 1. The van der Waals surface area contributed by atoms with Gasteiger partial charge in [-0.3, -0.25) is 4.79 Å². The first-order valence-electron chi connectivity index (χ1n) is 10.5. The van der Waals surface area contributed by atoms with Crippen molar-refractivity contribution in [3.8, 4) is 11.5 Å². The molecule has 2 aromatic carbocycles. The topological polar surface area (TPSA) is 79.8 Å². The van der Waals surface area contributed by atoms with E-state index in [1.807, 2.05) is 30.3 Å². The third kappa shape index (κ3) is 4.49. The van der Waals surface area contributed by atoms with E-state index in [1.54, 1.807) is 6.08 Å². The third-order valence-electron chi connectivity index (χ3n) is 5.45. The maximum atomic E-state index is 12.4. The van der Waals surface area contributed by atoms with Gasteiger partial charge in [0.15, 0.2) is 11.5 Å². The first-order chi connectivity index (χ1) is 15.7.